The number of aliphatic hydroxyl groups is 1. The molecule has 0 fully saturated rings. The molecule has 1 aromatic rings. The molecular weight excluding hydrogens is 232 g/mol. The Morgan fingerprint density at radius 3 is 2.39 bits per heavy atom. The summed E-state index contributed by atoms with van der Waals surface area (Å²) in [6.45, 7) is 7.07. The van der Waals surface area contributed by atoms with Crippen molar-refractivity contribution in [3.8, 4) is 5.75 Å². The van der Waals surface area contributed by atoms with E-state index in [0.29, 0.717) is 25.6 Å². The quantitative estimate of drug-likeness (QED) is 0.724. The first-order valence-electron chi connectivity index (χ1n) is 6.31. The Morgan fingerprint density at radius 2 is 1.83 bits per heavy atom. The highest BCUT2D eigenvalue weighted by Crippen LogP contribution is 2.19. The molecule has 18 heavy (non-hydrogen) atoms. The maximum atomic E-state index is 9.49. The first kappa shape index (κ1) is 15.0. The van der Waals surface area contributed by atoms with E-state index in [1.807, 2.05) is 38.1 Å². The zero-order valence-electron chi connectivity index (χ0n) is 11.3. The van der Waals surface area contributed by atoms with E-state index in [-0.39, 0.29) is 6.29 Å². The lowest BCUT2D eigenvalue weighted by molar-refractivity contribution is -0.152. The monoisotopic (exact) mass is 254 g/mol. The summed E-state index contributed by atoms with van der Waals surface area (Å²) in [5, 5.41) is 9.49. The van der Waals surface area contributed by atoms with Crippen molar-refractivity contribution in [2.75, 3.05) is 19.8 Å². The van der Waals surface area contributed by atoms with E-state index < -0.39 is 6.10 Å². The van der Waals surface area contributed by atoms with Crippen molar-refractivity contribution < 1.29 is 19.3 Å². The Kier molecular flexibility index (Phi) is 6.72. The lowest BCUT2D eigenvalue weighted by Gasteiger charge is -2.18. The number of ether oxygens (including phenoxy) is 3. The van der Waals surface area contributed by atoms with Gasteiger partial charge >= 0.3 is 0 Å². The Morgan fingerprint density at radius 1 is 1.17 bits per heavy atom. The van der Waals surface area contributed by atoms with E-state index in [1.165, 1.54) is 0 Å². The SMILES string of the molecule is CCOC(COc1cccc([C@H](C)O)c1)OCC. The van der Waals surface area contributed by atoms with Crippen LogP contribution in [0.4, 0.5) is 0 Å². The minimum atomic E-state index is -0.497. The Bertz CT molecular complexity index is 332. The first-order chi connectivity index (χ1) is 8.67. The molecule has 4 nitrogen and oxygen atoms in total. The number of rotatable bonds is 8. The van der Waals surface area contributed by atoms with Gasteiger partial charge in [0.25, 0.3) is 0 Å². The zero-order chi connectivity index (χ0) is 13.4. The van der Waals surface area contributed by atoms with Crippen LogP contribution in [0.5, 0.6) is 5.75 Å². The van der Waals surface area contributed by atoms with Gasteiger partial charge in [-0.15, -0.1) is 0 Å². The van der Waals surface area contributed by atoms with E-state index in [4.69, 9.17) is 14.2 Å². The first-order valence-corrected chi connectivity index (χ1v) is 6.31. The van der Waals surface area contributed by atoms with E-state index in [9.17, 15) is 5.11 Å². The molecule has 0 saturated carbocycles. The molecule has 102 valence electrons. The topological polar surface area (TPSA) is 47.9 Å². The van der Waals surface area contributed by atoms with E-state index in [2.05, 4.69) is 0 Å². The van der Waals surface area contributed by atoms with Crippen LogP contribution in [0.15, 0.2) is 24.3 Å². The van der Waals surface area contributed by atoms with Gasteiger partial charge in [-0.1, -0.05) is 12.1 Å². The third kappa shape index (κ3) is 5.04. The molecule has 0 radical (unpaired) electrons. The Labute approximate surface area is 108 Å². The largest absolute Gasteiger partial charge is 0.488 e. The van der Waals surface area contributed by atoms with Crippen LogP contribution in [0.25, 0.3) is 0 Å². The summed E-state index contributed by atoms with van der Waals surface area (Å²) in [4.78, 5) is 0. The van der Waals surface area contributed by atoms with Crippen molar-refractivity contribution in [3.05, 3.63) is 29.8 Å². The van der Waals surface area contributed by atoms with Gasteiger partial charge in [0, 0.05) is 13.2 Å². The van der Waals surface area contributed by atoms with Crippen molar-refractivity contribution in [1.82, 2.24) is 0 Å². The molecule has 0 heterocycles. The van der Waals surface area contributed by atoms with Crippen molar-refractivity contribution in [3.63, 3.8) is 0 Å². The minimum absolute atomic E-state index is 0.338. The predicted molar refractivity (Wildman–Crippen MR) is 69.6 cm³/mol. The normalized spacial score (nSPS) is 12.7. The van der Waals surface area contributed by atoms with Crippen molar-refractivity contribution in [2.45, 2.75) is 33.2 Å². The molecule has 1 N–H and O–H groups in total. The van der Waals surface area contributed by atoms with E-state index in [0.717, 1.165) is 5.56 Å². The molecule has 4 heteroatoms. The van der Waals surface area contributed by atoms with Gasteiger partial charge in [-0.05, 0) is 38.5 Å². The van der Waals surface area contributed by atoms with Crippen LogP contribution in [0, 0.1) is 0 Å². The zero-order valence-corrected chi connectivity index (χ0v) is 11.3. The second-order valence-electron chi connectivity index (χ2n) is 3.90. The molecule has 1 aromatic carbocycles. The summed E-state index contributed by atoms with van der Waals surface area (Å²) >= 11 is 0. The second-order valence-corrected chi connectivity index (χ2v) is 3.90. The molecule has 0 bridgehead atoms. The van der Waals surface area contributed by atoms with Crippen LogP contribution in [0.1, 0.15) is 32.4 Å². The van der Waals surface area contributed by atoms with Crippen LogP contribution in [-0.2, 0) is 9.47 Å². The van der Waals surface area contributed by atoms with Crippen molar-refractivity contribution in [2.24, 2.45) is 0 Å². The van der Waals surface area contributed by atoms with Gasteiger partial charge in [-0.2, -0.15) is 0 Å². The maximum Gasteiger partial charge on any atom is 0.191 e. The Hall–Kier alpha value is -1.10. The fraction of sp³-hybridized carbons (Fsp3) is 0.571. The molecule has 1 rings (SSSR count). The summed E-state index contributed by atoms with van der Waals surface area (Å²) in [7, 11) is 0. The molecule has 0 saturated heterocycles. The predicted octanol–water partition coefficient (Wildman–Crippen LogP) is 2.52. The summed E-state index contributed by atoms with van der Waals surface area (Å²) in [5.41, 5.74) is 0.830. The molecule has 0 aliphatic rings. The van der Waals surface area contributed by atoms with Gasteiger partial charge in [0.2, 0.25) is 0 Å². The number of hydrogen-bond donors (Lipinski definition) is 1. The van der Waals surface area contributed by atoms with Gasteiger partial charge in [0.1, 0.15) is 12.4 Å². The summed E-state index contributed by atoms with van der Waals surface area (Å²) < 4.78 is 16.4. The Balaban J connectivity index is 2.53. The summed E-state index contributed by atoms with van der Waals surface area (Å²) in [6.07, 6.45) is -0.849. The van der Waals surface area contributed by atoms with Gasteiger partial charge in [-0.25, -0.2) is 0 Å². The highest BCUT2D eigenvalue weighted by atomic mass is 16.7. The highest BCUT2D eigenvalue weighted by molar-refractivity contribution is 5.29. The van der Waals surface area contributed by atoms with Crippen LogP contribution < -0.4 is 4.74 Å². The van der Waals surface area contributed by atoms with Crippen LogP contribution >= 0.6 is 0 Å². The summed E-state index contributed by atoms with van der Waals surface area (Å²) in [5.74, 6) is 0.706. The van der Waals surface area contributed by atoms with Crippen molar-refractivity contribution >= 4 is 0 Å². The maximum absolute atomic E-state index is 9.49. The lowest BCUT2D eigenvalue weighted by atomic mass is 10.1. The molecular formula is C14H22O4. The van der Waals surface area contributed by atoms with Gasteiger partial charge in [0.05, 0.1) is 6.10 Å². The van der Waals surface area contributed by atoms with Gasteiger partial charge in [-0.3, -0.25) is 0 Å². The second kappa shape index (κ2) is 8.08. The lowest BCUT2D eigenvalue weighted by Crippen LogP contribution is -2.25. The number of hydrogen-bond acceptors (Lipinski definition) is 4. The fourth-order valence-electron chi connectivity index (χ4n) is 1.54. The molecule has 0 spiro atoms. The highest BCUT2D eigenvalue weighted by Gasteiger charge is 2.09. The third-order valence-corrected chi connectivity index (χ3v) is 2.43. The van der Waals surface area contributed by atoms with Crippen LogP contribution in [0.2, 0.25) is 0 Å². The summed E-state index contributed by atoms with van der Waals surface area (Å²) in [6, 6.07) is 7.38. The molecule has 0 aliphatic heterocycles. The molecule has 0 aromatic heterocycles. The van der Waals surface area contributed by atoms with Gasteiger partial charge < -0.3 is 19.3 Å². The van der Waals surface area contributed by atoms with Crippen LogP contribution in [-0.4, -0.2) is 31.2 Å². The third-order valence-electron chi connectivity index (χ3n) is 2.43. The standard InChI is InChI=1S/C14H22O4/c1-4-16-14(17-5-2)10-18-13-8-6-7-12(9-13)11(3)15/h6-9,11,14-15H,4-5,10H2,1-3H3/t11-/m0/s1. The molecule has 0 aliphatic carbocycles. The van der Waals surface area contributed by atoms with E-state index >= 15 is 0 Å². The van der Waals surface area contributed by atoms with Crippen molar-refractivity contribution in [1.29, 1.82) is 0 Å². The number of benzene rings is 1. The smallest absolute Gasteiger partial charge is 0.191 e. The minimum Gasteiger partial charge on any atom is -0.488 e. The average Bonchev–Trinajstić information content (AvgIpc) is 2.37. The molecule has 1 atom stereocenters. The van der Waals surface area contributed by atoms with Gasteiger partial charge in [0.15, 0.2) is 6.29 Å². The van der Waals surface area contributed by atoms with Crippen LogP contribution in [0.3, 0.4) is 0 Å². The van der Waals surface area contributed by atoms with E-state index in [1.54, 1.807) is 6.92 Å². The molecule has 0 amide bonds. The average molecular weight is 254 g/mol. The fourth-order valence-corrected chi connectivity index (χ4v) is 1.54. The number of aliphatic hydroxyl groups excluding tert-OH is 1. The molecule has 0 unspecified atom stereocenters.